The molecule has 2 heterocycles. The van der Waals surface area contributed by atoms with Crippen LogP contribution in [-0.4, -0.2) is 33.8 Å². The molecule has 1 amide bonds. The van der Waals surface area contributed by atoms with Crippen LogP contribution in [0.4, 0.5) is 13.2 Å². The molecule has 0 fully saturated rings. The summed E-state index contributed by atoms with van der Waals surface area (Å²) in [4.78, 5) is 12.4. The fourth-order valence-electron chi connectivity index (χ4n) is 3.03. The number of methoxy groups -OCH3 is 1. The quantitative estimate of drug-likeness (QED) is 0.901. The fraction of sp³-hybridized carbons (Fsp3) is 0.471. The van der Waals surface area contributed by atoms with Gasteiger partial charge in [0.2, 0.25) is 0 Å². The van der Waals surface area contributed by atoms with Gasteiger partial charge in [0.1, 0.15) is 12.4 Å². The van der Waals surface area contributed by atoms with Crippen molar-refractivity contribution in [2.45, 2.75) is 44.6 Å². The van der Waals surface area contributed by atoms with Crippen LogP contribution in [0, 0.1) is 0 Å². The molecule has 0 radical (unpaired) electrons. The number of fused-ring (bicyclic) bond motifs is 1. The number of hydrogen-bond acceptors (Lipinski definition) is 4. The SMILES string of the molecule is COCc1nnc2n1CCC(NC(=O)c1cccc(C(F)(F)F)c1)CC2. The summed E-state index contributed by atoms with van der Waals surface area (Å²) in [7, 11) is 1.58. The Kier molecular flexibility index (Phi) is 5.26. The van der Waals surface area contributed by atoms with E-state index in [1.807, 2.05) is 4.57 Å². The zero-order valence-corrected chi connectivity index (χ0v) is 14.2. The molecule has 3 rings (SSSR count). The van der Waals surface area contributed by atoms with Crippen LogP contribution in [0.3, 0.4) is 0 Å². The van der Waals surface area contributed by atoms with Crippen molar-refractivity contribution in [2.24, 2.45) is 0 Å². The van der Waals surface area contributed by atoms with Gasteiger partial charge in [-0.1, -0.05) is 6.07 Å². The first kappa shape index (κ1) is 18.4. The summed E-state index contributed by atoms with van der Waals surface area (Å²) in [5.74, 6) is 1.05. The Morgan fingerprint density at radius 3 is 2.88 bits per heavy atom. The Hall–Kier alpha value is -2.42. The molecule has 1 aliphatic rings. The number of rotatable bonds is 4. The van der Waals surface area contributed by atoms with E-state index in [1.165, 1.54) is 12.1 Å². The van der Waals surface area contributed by atoms with Gasteiger partial charge < -0.3 is 14.6 Å². The van der Waals surface area contributed by atoms with Gasteiger partial charge in [0.25, 0.3) is 5.91 Å². The summed E-state index contributed by atoms with van der Waals surface area (Å²) in [6, 6.07) is 4.30. The molecular weight excluding hydrogens is 349 g/mol. The maximum atomic E-state index is 12.8. The van der Waals surface area contributed by atoms with Crippen LogP contribution >= 0.6 is 0 Å². The highest BCUT2D eigenvalue weighted by molar-refractivity contribution is 5.94. The average molecular weight is 368 g/mol. The second-order valence-corrected chi connectivity index (χ2v) is 6.19. The van der Waals surface area contributed by atoms with Crippen molar-refractivity contribution in [2.75, 3.05) is 7.11 Å². The highest BCUT2D eigenvalue weighted by Gasteiger charge is 2.31. The number of nitrogens with one attached hydrogen (secondary N) is 1. The van der Waals surface area contributed by atoms with E-state index in [1.54, 1.807) is 7.11 Å². The van der Waals surface area contributed by atoms with Crippen LogP contribution in [0.5, 0.6) is 0 Å². The fourth-order valence-corrected chi connectivity index (χ4v) is 3.03. The van der Waals surface area contributed by atoms with Gasteiger partial charge in [0.15, 0.2) is 5.82 Å². The van der Waals surface area contributed by atoms with Gasteiger partial charge in [-0.05, 0) is 31.0 Å². The standard InChI is InChI=1S/C17H19F3N4O2/c1-26-10-15-23-22-14-6-5-13(7-8-24(14)15)21-16(25)11-3-2-4-12(9-11)17(18,19)20/h2-4,9,13H,5-8,10H2,1H3,(H,21,25). The lowest BCUT2D eigenvalue weighted by molar-refractivity contribution is -0.137. The van der Waals surface area contributed by atoms with Gasteiger partial charge in [-0.25, -0.2) is 0 Å². The Bertz CT molecular complexity index is 789. The number of alkyl halides is 3. The number of hydrogen-bond donors (Lipinski definition) is 1. The van der Waals surface area contributed by atoms with E-state index in [0.717, 1.165) is 23.8 Å². The van der Waals surface area contributed by atoms with Gasteiger partial charge in [-0.2, -0.15) is 13.2 Å². The smallest absolute Gasteiger partial charge is 0.377 e. The molecule has 1 atom stereocenters. The number of ether oxygens (including phenoxy) is 1. The number of nitrogens with zero attached hydrogens (tertiary/aromatic N) is 3. The Labute approximate surface area is 148 Å². The molecule has 1 unspecified atom stereocenters. The molecule has 0 bridgehead atoms. The van der Waals surface area contributed by atoms with E-state index < -0.39 is 17.6 Å². The Balaban J connectivity index is 1.66. The molecule has 0 saturated carbocycles. The van der Waals surface area contributed by atoms with Gasteiger partial charge in [0, 0.05) is 31.7 Å². The first-order valence-electron chi connectivity index (χ1n) is 8.26. The largest absolute Gasteiger partial charge is 0.416 e. The zero-order chi connectivity index (χ0) is 18.7. The summed E-state index contributed by atoms with van der Waals surface area (Å²) in [6.45, 7) is 0.975. The van der Waals surface area contributed by atoms with Crippen molar-refractivity contribution in [1.29, 1.82) is 0 Å². The van der Waals surface area contributed by atoms with E-state index in [-0.39, 0.29) is 11.6 Å². The molecule has 9 heteroatoms. The maximum Gasteiger partial charge on any atom is 0.416 e. The van der Waals surface area contributed by atoms with Crippen molar-refractivity contribution in [1.82, 2.24) is 20.1 Å². The van der Waals surface area contributed by atoms with E-state index >= 15 is 0 Å². The molecule has 2 aromatic rings. The van der Waals surface area contributed by atoms with Crippen LogP contribution < -0.4 is 5.32 Å². The number of amides is 1. The lowest BCUT2D eigenvalue weighted by Crippen LogP contribution is -2.35. The summed E-state index contributed by atoms with van der Waals surface area (Å²) in [5, 5.41) is 11.1. The second-order valence-electron chi connectivity index (χ2n) is 6.19. The van der Waals surface area contributed by atoms with E-state index in [2.05, 4.69) is 15.5 Å². The first-order valence-corrected chi connectivity index (χ1v) is 8.26. The number of benzene rings is 1. The maximum absolute atomic E-state index is 12.8. The van der Waals surface area contributed by atoms with Crippen LogP contribution in [-0.2, 0) is 30.5 Å². The average Bonchev–Trinajstić information content (AvgIpc) is 2.87. The molecule has 1 aromatic heterocycles. The number of aromatic nitrogens is 3. The minimum Gasteiger partial charge on any atom is -0.377 e. The van der Waals surface area contributed by atoms with Crippen LogP contribution in [0.15, 0.2) is 24.3 Å². The molecule has 6 nitrogen and oxygen atoms in total. The summed E-state index contributed by atoms with van der Waals surface area (Å²) in [5.41, 5.74) is -0.829. The van der Waals surface area contributed by atoms with Gasteiger partial charge in [-0.15, -0.1) is 10.2 Å². The van der Waals surface area contributed by atoms with Crippen LogP contribution in [0.2, 0.25) is 0 Å². The number of halogens is 3. The summed E-state index contributed by atoms with van der Waals surface area (Å²) >= 11 is 0. The predicted molar refractivity (Wildman–Crippen MR) is 86.4 cm³/mol. The minimum atomic E-state index is -4.47. The lowest BCUT2D eigenvalue weighted by Gasteiger charge is -2.17. The Morgan fingerprint density at radius 1 is 1.35 bits per heavy atom. The number of carbonyl (C=O) groups excluding carboxylic acids is 1. The first-order chi connectivity index (χ1) is 12.4. The van der Waals surface area contributed by atoms with Crippen LogP contribution in [0.1, 0.15) is 40.4 Å². The minimum absolute atomic E-state index is 0.00328. The molecule has 1 aromatic carbocycles. The lowest BCUT2D eigenvalue weighted by atomic mass is 10.1. The van der Waals surface area contributed by atoms with Gasteiger partial charge >= 0.3 is 6.18 Å². The monoisotopic (exact) mass is 368 g/mol. The number of aryl methyl sites for hydroxylation is 1. The number of carbonyl (C=O) groups is 1. The van der Waals surface area contributed by atoms with Gasteiger partial charge in [-0.3, -0.25) is 4.79 Å². The van der Waals surface area contributed by atoms with Crippen molar-refractivity contribution < 1.29 is 22.7 Å². The Morgan fingerprint density at radius 2 is 2.15 bits per heavy atom. The molecule has 0 spiro atoms. The molecule has 0 saturated heterocycles. The zero-order valence-electron chi connectivity index (χ0n) is 14.2. The van der Waals surface area contributed by atoms with Crippen LogP contribution in [0.25, 0.3) is 0 Å². The molecule has 140 valence electrons. The topological polar surface area (TPSA) is 69.0 Å². The molecule has 1 aliphatic heterocycles. The molecule has 26 heavy (non-hydrogen) atoms. The van der Waals surface area contributed by atoms with E-state index in [4.69, 9.17) is 4.74 Å². The normalized spacial score (nSPS) is 17.5. The predicted octanol–water partition coefficient (Wildman–Crippen LogP) is 2.58. The van der Waals surface area contributed by atoms with Crippen molar-refractivity contribution in [3.05, 3.63) is 47.0 Å². The molecular formula is C17H19F3N4O2. The van der Waals surface area contributed by atoms with Crippen molar-refractivity contribution in [3.63, 3.8) is 0 Å². The van der Waals surface area contributed by atoms with Crippen molar-refractivity contribution in [3.8, 4) is 0 Å². The highest BCUT2D eigenvalue weighted by Crippen LogP contribution is 2.29. The summed E-state index contributed by atoms with van der Waals surface area (Å²) < 4.78 is 45.5. The molecule has 1 N–H and O–H groups in total. The third kappa shape index (κ3) is 4.04. The highest BCUT2D eigenvalue weighted by atomic mass is 19.4. The van der Waals surface area contributed by atoms with Crippen molar-refractivity contribution >= 4 is 5.91 Å². The molecule has 0 aliphatic carbocycles. The van der Waals surface area contributed by atoms with E-state index in [9.17, 15) is 18.0 Å². The van der Waals surface area contributed by atoms with Gasteiger partial charge in [0.05, 0.1) is 5.56 Å². The third-order valence-electron chi connectivity index (χ3n) is 4.38. The second kappa shape index (κ2) is 7.45. The summed E-state index contributed by atoms with van der Waals surface area (Å²) in [6.07, 6.45) is -2.55. The third-order valence-corrected chi connectivity index (χ3v) is 4.38. The van der Waals surface area contributed by atoms with E-state index in [0.29, 0.717) is 32.4 Å².